The number of fused-ring (bicyclic) bond motifs is 1. The van der Waals surface area contributed by atoms with Crippen LogP contribution in [0.5, 0.6) is 0 Å². The zero-order chi connectivity index (χ0) is 14.4. The minimum absolute atomic E-state index is 0.0543. The lowest BCUT2D eigenvalue weighted by Crippen LogP contribution is -2.12. The van der Waals surface area contributed by atoms with Gasteiger partial charge in [0.05, 0.1) is 6.04 Å². The van der Waals surface area contributed by atoms with E-state index in [1.165, 1.54) is 5.56 Å². The highest BCUT2D eigenvalue weighted by Gasteiger charge is 2.44. The second-order valence-electron chi connectivity index (χ2n) is 5.77. The van der Waals surface area contributed by atoms with Crippen molar-refractivity contribution >= 4 is 22.6 Å². The molecule has 1 saturated carbocycles. The minimum Gasteiger partial charge on any atom is -0.459 e. The van der Waals surface area contributed by atoms with Crippen molar-refractivity contribution in [3.8, 4) is 0 Å². The number of benzene rings is 2. The summed E-state index contributed by atoms with van der Waals surface area (Å²) >= 11 is 6.01. The van der Waals surface area contributed by atoms with Gasteiger partial charge in [0, 0.05) is 10.4 Å². The number of rotatable bonds is 3. The Morgan fingerprint density at radius 1 is 1.10 bits per heavy atom. The van der Waals surface area contributed by atoms with E-state index in [2.05, 4.69) is 24.3 Å². The van der Waals surface area contributed by atoms with Crippen LogP contribution in [-0.2, 0) is 0 Å². The van der Waals surface area contributed by atoms with Gasteiger partial charge >= 0.3 is 0 Å². The molecule has 106 valence electrons. The predicted octanol–water partition coefficient (Wildman–Crippen LogP) is 4.89. The van der Waals surface area contributed by atoms with E-state index in [0.29, 0.717) is 11.8 Å². The molecule has 0 spiro atoms. The van der Waals surface area contributed by atoms with Crippen LogP contribution in [0.2, 0.25) is 5.02 Å². The smallest absolute Gasteiger partial charge is 0.134 e. The summed E-state index contributed by atoms with van der Waals surface area (Å²) in [5.41, 5.74) is 8.62. The molecule has 0 amide bonds. The molecule has 1 aromatic heterocycles. The number of furan rings is 1. The van der Waals surface area contributed by atoms with E-state index >= 15 is 0 Å². The summed E-state index contributed by atoms with van der Waals surface area (Å²) in [4.78, 5) is 0. The number of hydrogen-bond donors (Lipinski definition) is 1. The second kappa shape index (κ2) is 4.90. The summed E-state index contributed by atoms with van der Waals surface area (Å²) in [5, 5.41) is 1.74. The Labute approximate surface area is 128 Å². The Balaban J connectivity index is 1.58. The van der Waals surface area contributed by atoms with Crippen LogP contribution in [0.1, 0.15) is 29.7 Å². The zero-order valence-electron chi connectivity index (χ0n) is 11.5. The highest BCUT2D eigenvalue weighted by atomic mass is 35.5. The first-order chi connectivity index (χ1) is 10.2. The van der Waals surface area contributed by atoms with Crippen molar-refractivity contribution in [2.75, 3.05) is 0 Å². The first kappa shape index (κ1) is 12.9. The first-order valence-electron chi connectivity index (χ1n) is 7.22. The van der Waals surface area contributed by atoms with E-state index < -0.39 is 0 Å². The van der Waals surface area contributed by atoms with Crippen LogP contribution < -0.4 is 5.73 Å². The molecule has 0 saturated heterocycles. The molecular weight excluding hydrogens is 282 g/mol. The molecule has 1 fully saturated rings. The van der Waals surface area contributed by atoms with Gasteiger partial charge < -0.3 is 10.2 Å². The van der Waals surface area contributed by atoms with Crippen molar-refractivity contribution in [1.82, 2.24) is 0 Å². The van der Waals surface area contributed by atoms with Gasteiger partial charge in [-0.15, -0.1) is 0 Å². The zero-order valence-corrected chi connectivity index (χ0v) is 12.3. The maximum atomic E-state index is 6.40. The highest BCUT2D eigenvalue weighted by Crippen LogP contribution is 2.53. The number of halogens is 1. The fourth-order valence-corrected chi connectivity index (χ4v) is 3.29. The normalized spacial score (nSPS) is 22.4. The highest BCUT2D eigenvalue weighted by molar-refractivity contribution is 6.31. The SMILES string of the molecule is NC(c1cc2cc(Cl)ccc2o1)C1CC1c1ccccc1. The Kier molecular flexibility index (Phi) is 3.02. The Morgan fingerprint density at radius 2 is 1.90 bits per heavy atom. The lowest BCUT2D eigenvalue weighted by atomic mass is 10.0. The van der Waals surface area contributed by atoms with Gasteiger partial charge in [0.1, 0.15) is 11.3 Å². The van der Waals surface area contributed by atoms with Crippen LogP contribution in [0.15, 0.2) is 59.0 Å². The lowest BCUT2D eigenvalue weighted by Gasteiger charge is -2.08. The average molecular weight is 298 g/mol. The van der Waals surface area contributed by atoms with Crippen LogP contribution in [0, 0.1) is 5.92 Å². The summed E-state index contributed by atoms with van der Waals surface area (Å²) in [6.07, 6.45) is 1.13. The summed E-state index contributed by atoms with van der Waals surface area (Å²) in [6, 6.07) is 18.2. The van der Waals surface area contributed by atoms with Crippen LogP contribution in [0.25, 0.3) is 11.0 Å². The van der Waals surface area contributed by atoms with Gasteiger partial charge in [-0.2, -0.15) is 0 Å². The van der Waals surface area contributed by atoms with Crippen molar-refractivity contribution in [3.05, 3.63) is 70.9 Å². The van der Waals surface area contributed by atoms with Crippen LogP contribution in [-0.4, -0.2) is 0 Å². The van der Waals surface area contributed by atoms with Crippen LogP contribution in [0.4, 0.5) is 0 Å². The van der Waals surface area contributed by atoms with E-state index in [1.54, 1.807) is 0 Å². The van der Waals surface area contributed by atoms with E-state index in [0.717, 1.165) is 28.2 Å². The van der Waals surface area contributed by atoms with Crippen molar-refractivity contribution in [3.63, 3.8) is 0 Å². The van der Waals surface area contributed by atoms with E-state index in [9.17, 15) is 0 Å². The topological polar surface area (TPSA) is 39.2 Å². The van der Waals surface area contributed by atoms with Gasteiger partial charge in [0.25, 0.3) is 0 Å². The number of nitrogens with two attached hydrogens (primary N) is 1. The standard InChI is InChI=1S/C18H16ClNO/c19-13-6-7-16-12(8-13)9-17(21-16)18(20)15-10-14(15)11-4-2-1-3-5-11/h1-9,14-15,18H,10,20H2. The molecule has 3 unspecified atom stereocenters. The van der Waals surface area contributed by atoms with Crippen LogP contribution >= 0.6 is 11.6 Å². The van der Waals surface area contributed by atoms with Gasteiger partial charge in [-0.05, 0) is 48.1 Å². The van der Waals surface area contributed by atoms with Gasteiger partial charge in [0.15, 0.2) is 0 Å². The minimum atomic E-state index is -0.0543. The molecule has 2 N–H and O–H groups in total. The third kappa shape index (κ3) is 2.35. The lowest BCUT2D eigenvalue weighted by molar-refractivity contribution is 0.462. The molecule has 2 aromatic carbocycles. The van der Waals surface area contributed by atoms with Crippen LogP contribution in [0.3, 0.4) is 0 Å². The predicted molar refractivity (Wildman–Crippen MR) is 85.4 cm³/mol. The molecule has 1 aliphatic carbocycles. The van der Waals surface area contributed by atoms with E-state index in [4.69, 9.17) is 21.8 Å². The van der Waals surface area contributed by atoms with Crippen molar-refractivity contribution in [2.45, 2.75) is 18.4 Å². The molecule has 0 radical (unpaired) electrons. The van der Waals surface area contributed by atoms with Crippen molar-refractivity contribution < 1.29 is 4.42 Å². The average Bonchev–Trinajstić information content (AvgIpc) is 3.20. The van der Waals surface area contributed by atoms with E-state index in [-0.39, 0.29) is 6.04 Å². The van der Waals surface area contributed by atoms with Gasteiger partial charge in [-0.25, -0.2) is 0 Å². The van der Waals surface area contributed by atoms with Crippen molar-refractivity contribution in [2.24, 2.45) is 11.7 Å². The fourth-order valence-electron chi connectivity index (χ4n) is 3.11. The molecule has 2 nitrogen and oxygen atoms in total. The third-order valence-corrected chi connectivity index (χ3v) is 4.59. The molecule has 0 bridgehead atoms. The number of hydrogen-bond acceptors (Lipinski definition) is 2. The molecule has 0 aliphatic heterocycles. The first-order valence-corrected chi connectivity index (χ1v) is 7.60. The molecule has 1 aliphatic rings. The fraction of sp³-hybridized carbons (Fsp3) is 0.222. The quantitative estimate of drug-likeness (QED) is 0.747. The summed E-state index contributed by atoms with van der Waals surface area (Å²) in [5.74, 6) is 1.87. The summed E-state index contributed by atoms with van der Waals surface area (Å²) < 4.78 is 5.89. The van der Waals surface area contributed by atoms with Gasteiger partial charge in [0.2, 0.25) is 0 Å². The molecule has 21 heavy (non-hydrogen) atoms. The molecular formula is C18H16ClNO. The molecule has 1 heterocycles. The monoisotopic (exact) mass is 297 g/mol. The molecule has 3 atom stereocenters. The largest absolute Gasteiger partial charge is 0.459 e. The third-order valence-electron chi connectivity index (χ3n) is 4.35. The van der Waals surface area contributed by atoms with Gasteiger partial charge in [-0.1, -0.05) is 41.9 Å². The Morgan fingerprint density at radius 3 is 2.71 bits per heavy atom. The molecule has 4 rings (SSSR count). The molecule has 3 heteroatoms. The Hall–Kier alpha value is -1.77. The van der Waals surface area contributed by atoms with E-state index in [1.807, 2.05) is 30.3 Å². The Bertz CT molecular complexity index is 780. The summed E-state index contributed by atoms with van der Waals surface area (Å²) in [7, 11) is 0. The maximum absolute atomic E-state index is 6.40. The van der Waals surface area contributed by atoms with Gasteiger partial charge in [-0.3, -0.25) is 0 Å². The maximum Gasteiger partial charge on any atom is 0.134 e. The summed E-state index contributed by atoms with van der Waals surface area (Å²) in [6.45, 7) is 0. The molecule has 3 aromatic rings. The van der Waals surface area contributed by atoms with Crippen molar-refractivity contribution in [1.29, 1.82) is 0 Å². The second-order valence-corrected chi connectivity index (χ2v) is 6.21.